The molecule has 0 radical (unpaired) electrons. The van der Waals surface area contributed by atoms with E-state index in [0.29, 0.717) is 12.0 Å². The van der Waals surface area contributed by atoms with Crippen molar-refractivity contribution in [3.05, 3.63) is 65.5 Å². The molecule has 0 saturated heterocycles. The normalized spacial score (nSPS) is 24.1. The molecule has 1 aromatic carbocycles. The minimum atomic E-state index is 0.348. The molecule has 3 nitrogen and oxygen atoms in total. The molecule has 2 atom stereocenters. The third kappa shape index (κ3) is 1.66. The molecule has 4 rings (SSSR count). The summed E-state index contributed by atoms with van der Waals surface area (Å²) in [5, 5.41) is 6.96. The van der Waals surface area contributed by atoms with E-state index in [0.717, 1.165) is 6.42 Å². The van der Waals surface area contributed by atoms with Crippen molar-refractivity contribution in [1.82, 2.24) is 9.99 Å². The summed E-state index contributed by atoms with van der Waals surface area (Å²) in [6.45, 7) is 0. The van der Waals surface area contributed by atoms with Gasteiger partial charge in [0, 0.05) is 30.9 Å². The van der Waals surface area contributed by atoms with Crippen molar-refractivity contribution in [3.8, 4) is 0 Å². The fraction of sp³-hybridized carbons (Fsp3) is 0.294. The number of fused-ring (bicyclic) bond motifs is 3. The Morgan fingerprint density at radius 3 is 2.75 bits per heavy atom. The summed E-state index contributed by atoms with van der Waals surface area (Å²) < 4.78 is 0. The number of nitrogens with zero attached hydrogens (tertiary/aromatic N) is 3. The smallest absolute Gasteiger partial charge is 0.0802 e. The van der Waals surface area contributed by atoms with Crippen molar-refractivity contribution in [2.45, 2.75) is 18.9 Å². The summed E-state index contributed by atoms with van der Waals surface area (Å²) in [5.74, 6) is 0.497. The maximum absolute atomic E-state index is 4.84. The van der Waals surface area contributed by atoms with Crippen LogP contribution in [0.1, 0.15) is 29.2 Å². The molecular formula is C17H17N3. The fourth-order valence-electron chi connectivity index (χ4n) is 3.57. The molecule has 0 fully saturated rings. The zero-order valence-electron chi connectivity index (χ0n) is 11.5. The highest BCUT2D eigenvalue weighted by Gasteiger charge is 2.39. The molecule has 0 N–H and O–H groups in total. The van der Waals surface area contributed by atoms with E-state index in [1.54, 1.807) is 0 Å². The molecule has 1 aliphatic carbocycles. The minimum Gasteiger partial charge on any atom is -0.292 e. The van der Waals surface area contributed by atoms with Gasteiger partial charge in [-0.1, -0.05) is 24.3 Å². The monoisotopic (exact) mass is 263 g/mol. The Bertz CT molecular complexity index is 663. The van der Waals surface area contributed by atoms with Crippen LogP contribution in [0.25, 0.3) is 0 Å². The van der Waals surface area contributed by atoms with Crippen LogP contribution in [0.15, 0.2) is 53.9 Å². The van der Waals surface area contributed by atoms with Crippen molar-refractivity contribution in [2.24, 2.45) is 11.0 Å². The Labute approximate surface area is 119 Å². The van der Waals surface area contributed by atoms with Gasteiger partial charge in [-0.2, -0.15) is 5.10 Å². The van der Waals surface area contributed by atoms with E-state index in [1.807, 2.05) is 12.4 Å². The number of hydrogen-bond acceptors (Lipinski definition) is 3. The number of hydrazone groups is 1. The van der Waals surface area contributed by atoms with Crippen molar-refractivity contribution >= 4 is 5.71 Å². The highest BCUT2D eigenvalue weighted by molar-refractivity contribution is 6.05. The van der Waals surface area contributed by atoms with Crippen molar-refractivity contribution in [1.29, 1.82) is 0 Å². The van der Waals surface area contributed by atoms with Gasteiger partial charge in [0.05, 0.1) is 11.8 Å². The predicted molar refractivity (Wildman–Crippen MR) is 79.5 cm³/mol. The Balaban J connectivity index is 1.77. The zero-order chi connectivity index (χ0) is 13.5. The topological polar surface area (TPSA) is 28.5 Å². The van der Waals surface area contributed by atoms with E-state index in [-0.39, 0.29) is 0 Å². The third-order valence-electron chi connectivity index (χ3n) is 4.47. The Kier molecular flexibility index (Phi) is 2.59. The molecular weight excluding hydrogens is 246 g/mol. The molecule has 0 unspecified atom stereocenters. The van der Waals surface area contributed by atoms with Crippen LogP contribution >= 0.6 is 0 Å². The minimum absolute atomic E-state index is 0.348. The van der Waals surface area contributed by atoms with Gasteiger partial charge in [-0.25, -0.2) is 0 Å². The van der Waals surface area contributed by atoms with Crippen LogP contribution in [0, 0.1) is 5.92 Å². The number of aryl methyl sites for hydroxylation is 1. The van der Waals surface area contributed by atoms with Crippen LogP contribution in [0.4, 0.5) is 0 Å². The predicted octanol–water partition coefficient (Wildman–Crippen LogP) is 3.03. The van der Waals surface area contributed by atoms with Gasteiger partial charge in [0.2, 0.25) is 0 Å². The van der Waals surface area contributed by atoms with Crippen molar-refractivity contribution < 1.29 is 0 Å². The van der Waals surface area contributed by atoms with E-state index in [2.05, 4.69) is 53.4 Å². The van der Waals surface area contributed by atoms with Gasteiger partial charge in [-0.3, -0.25) is 9.99 Å². The number of benzene rings is 1. The lowest BCUT2D eigenvalue weighted by molar-refractivity contribution is 0.243. The van der Waals surface area contributed by atoms with E-state index >= 15 is 0 Å². The van der Waals surface area contributed by atoms with Gasteiger partial charge in [0.1, 0.15) is 0 Å². The summed E-state index contributed by atoms with van der Waals surface area (Å²) in [7, 11) is 2.08. The van der Waals surface area contributed by atoms with Crippen LogP contribution in [0.2, 0.25) is 0 Å². The van der Waals surface area contributed by atoms with Gasteiger partial charge < -0.3 is 0 Å². The van der Waals surface area contributed by atoms with Crippen LogP contribution in [-0.2, 0) is 6.42 Å². The molecule has 2 heterocycles. The number of pyridine rings is 1. The average Bonchev–Trinajstić information content (AvgIpc) is 2.84. The molecule has 0 saturated carbocycles. The molecule has 2 aromatic rings. The summed E-state index contributed by atoms with van der Waals surface area (Å²) in [6.07, 6.45) is 6.07. The van der Waals surface area contributed by atoms with Gasteiger partial charge in [-0.15, -0.1) is 0 Å². The van der Waals surface area contributed by atoms with Crippen molar-refractivity contribution in [2.75, 3.05) is 7.05 Å². The second-order valence-electron chi connectivity index (χ2n) is 5.59. The Hall–Kier alpha value is -2.16. The standard InChI is InChI=1S/C17H17N3/c1-20-17(13-8-10-18-11-9-13)15-7-6-12-4-2-3-5-14(12)16(15)19-20/h2-5,8-11,15,17H,6-7H2,1H3/t15-,17+/m1/s1. The van der Waals surface area contributed by atoms with Gasteiger partial charge in [-0.05, 0) is 36.1 Å². The summed E-state index contributed by atoms with van der Waals surface area (Å²) in [6, 6.07) is 13.3. The molecule has 1 aliphatic heterocycles. The first-order valence-electron chi connectivity index (χ1n) is 7.14. The molecule has 0 bridgehead atoms. The van der Waals surface area contributed by atoms with Gasteiger partial charge >= 0.3 is 0 Å². The molecule has 3 heteroatoms. The molecule has 20 heavy (non-hydrogen) atoms. The highest BCUT2D eigenvalue weighted by Crippen LogP contribution is 2.42. The molecule has 0 amide bonds. The van der Waals surface area contributed by atoms with E-state index in [1.165, 1.54) is 28.8 Å². The third-order valence-corrected chi connectivity index (χ3v) is 4.47. The van der Waals surface area contributed by atoms with Crippen molar-refractivity contribution in [3.63, 3.8) is 0 Å². The average molecular weight is 263 g/mol. The highest BCUT2D eigenvalue weighted by atomic mass is 15.5. The molecule has 2 aliphatic rings. The number of rotatable bonds is 1. The maximum Gasteiger partial charge on any atom is 0.0802 e. The fourth-order valence-corrected chi connectivity index (χ4v) is 3.57. The quantitative estimate of drug-likeness (QED) is 0.791. The molecule has 100 valence electrons. The summed E-state index contributed by atoms with van der Waals surface area (Å²) >= 11 is 0. The van der Waals surface area contributed by atoms with E-state index in [4.69, 9.17) is 5.10 Å². The SMILES string of the molecule is CN1N=C2c3ccccc3CC[C@H]2[C@@H]1c1ccncc1. The summed E-state index contributed by atoms with van der Waals surface area (Å²) in [5.41, 5.74) is 5.35. The van der Waals surface area contributed by atoms with Crippen LogP contribution < -0.4 is 0 Å². The first-order chi connectivity index (χ1) is 9.84. The second-order valence-corrected chi connectivity index (χ2v) is 5.59. The first-order valence-corrected chi connectivity index (χ1v) is 7.14. The second kappa shape index (κ2) is 4.44. The van der Waals surface area contributed by atoms with Crippen LogP contribution in [-0.4, -0.2) is 22.8 Å². The van der Waals surface area contributed by atoms with E-state index in [9.17, 15) is 0 Å². The lowest BCUT2D eigenvalue weighted by Gasteiger charge is -2.28. The lowest BCUT2D eigenvalue weighted by atomic mass is 9.77. The van der Waals surface area contributed by atoms with Gasteiger partial charge in [0.25, 0.3) is 0 Å². The number of aromatic nitrogens is 1. The zero-order valence-corrected chi connectivity index (χ0v) is 11.5. The lowest BCUT2D eigenvalue weighted by Crippen LogP contribution is -2.27. The Morgan fingerprint density at radius 1 is 1.10 bits per heavy atom. The molecule has 0 spiro atoms. The number of hydrogen-bond donors (Lipinski definition) is 0. The Morgan fingerprint density at radius 2 is 1.90 bits per heavy atom. The first kappa shape index (κ1) is 11.6. The summed E-state index contributed by atoms with van der Waals surface area (Å²) in [4.78, 5) is 4.13. The van der Waals surface area contributed by atoms with Gasteiger partial charge in [0.15, 0.2) is 0 Å². The largest absolute Gasteiger partial charge is 0.292 e. The molecule has 1 aromatic heterocycles. The maximum atomic E-state index is 4.84. The van der Waals surface area contributed by atoms with Crippen LogP contribution in [0.5, 0.6) is 0 Å². The van der Waals surface area contributed by atoms with Crippen LogP contribution in [0.3, 0.4) is 0 Å². The van der Waals surface area contributed by atoms with E-state index < -0.39 is 0 Å².